The van der Waals surface area contributed by atoms with Crippen LogP contribution in [0.25, 0.3) is 0 Å². The van der Waals surface area contributed by atoms with Crippen molar-refractivity contribution in [1.82, 2.24) is 5.32 Å². The van der Waals surface area contributed by atoms with E-state index in [0.29, 0.717) is 30.3 Å². The second-order valence-corrected chi connectivity index (χ2v) is 18.3. The minimum Gasteiger partial charge on any atom is -0.390 e. The van der Waals surface area contributed by atoms with E-state index in [-0.39, 0.29) is 18.9 Å². The Morgan fingerprint density at radius 2 is 1.02 bits per heavy atom. The highest BCUT2D eigenvalue weighted by Gasteiger charge is 2.31. The SMILES string of the molecule is CC/C=C\C/C=C\C/C=C\C/C=C\C/C=C\C/C=C\C/C=C\CCCCCC(=O)NC(COP(=O)(O)OCC[N+](C)(C)C)C(O)C(O)CCC/C=C/CCCCCCCCC. The number of nitrogens with one attached hydrogen (secondary N) is 1. The third kappa shape index (κ3) is 42.5. The second-order valence-electron chi connectivity index (χ2n) is 16.9. The summed E-state index contributed by atoms with van der Waals surface area (Å²) in [6, 6.07) is -1.07. The molecule has 0 spiro atoms. The van der Waals surface area contributed by atoms with Crippen LogP contribution in [0.5, 0.6) is 0 Å². The lowest BCUT2D eigenvalue weighted by molar-refractivity contribution is -0.870. The van der Waals surface area contributed by atoms with E-state index in [2.05, 4.69) is 116 Å². The molecule has 0 saturated heterocycles. The Labute approximate surface area is 373 Å². The normalized spacial score (nSPS) is 15.6. The Hall–Kier alpha value is -2.62. The van der Waals surface area contributed by atoms with E-state index < -0.39 is 32.7 Å². The van der Waals surface area contributed by atoms with Gasteiger partial charge in [0.2, 0.25) is 5.91 Å². The molecule has 0 aromatic carbocycles. The van der Waals surface area contributed by atoms with Gasteiger partial charge in [-0.2, -0.15) is 0 Å². The predicted molar refractivity (Wildman–Crippen MR) is 259 cm³/mol. The number of phosphoric ester groups is 1. The van der Waals surface area contributed by atoms with Gasteiger partial charge in [0.15, 0.2) is 0 Å². The van der Waals surface area contributed by atoms with Crippen molar-refractivity contribution in [2.24, 2.45) is 0 Å². The van der Waals surface area contributed by atoms with Gasteiger partial charge in [-0.05, 0) is 96.3 Å². The monoisotopic (exact) mass is 874 g/mol. The Morgan fingerprint density at radius 3 is 1.51 bits per heavy atom. The van der Waals surface area contributed by atoms with Crippen molar-refractivity contribution in [3.05, 3.63) is 97.2 Å². The minimum atomic E-state index is -4.44. The number of nitrogens with zero attached hydrogens (tertiary/aromatic N) is 1. The first kappa shape index (κ1) is 58.4. The Kier molecular flexibility index (Phi) is 39.6. The van der Waals surface area contributed by atoms with Gasteiger partial charge < -0.3 is 24.9 Å². The lowest BCUT2D eigenvalue weighted by Gasteiger charge is -2.28. The molecule has 61 heavy (non-hydrogen) atoms. The van der Waals surface area contributed by atoms with Crippen LogP contribution in [-0.4, -0.2) is 84.6 Å². The molecule has 4 atom stereocenters. The number of unbranched alkanes of at least 4 members (excludes halogenated alkanes) is 11. The molecule has 4 unspecified atom stereocenters. The van der Waals surface area contributed by atoms with E-state index in [1.807, 2.05) is 21.1 Å². The molecule has 0 heterocycles. The summed E-state index contributed by atoms with van der Waals surface area (Å²) in [4.78, 5) is 23.2. The van der Waals surface area contributed by atoms with Crippen molar-refractivity contribution < 1.29 is 38.0 Å². The largest absolute Gasteiger partial charge is 0.472 e. The zero-order valence-corrected chi connectivity index (χ0v) is 40.1. The van der Waals surface area contributed by atoms with Gasteiger partial charge in [0, 0.05) is 6.42 Å². The van der Waals surface area contributed by atoms with E-state index in [4.69, 9.17) is 9.05 Å². The predicted octanol–water partition coefficient (Wildman–Crippen LogP) is 12.5. The number of carbonyl (C=O) groups excluding carboxylic acids is 1. The topological polar surface area (TPSA) is 125 Å². The molecule has 0 aliphatic carbocycles. The number of allylic oxidation sites excluding steroid dienone is 16. The average molecular weight is 874 g/mol. The van der Waals surface area contributed by atoms with E-state index in [1.54, 1.807) is 0 Å². The third-order valence-electron chi connectivity index (χ3n) is 9.91. The van der Waals surface area contributed by atoms with Crippen molar-refractivity contribution >= 4 is 13.7 Å². The molecule has 0 saturated carbocycles. The fourth-order valence-corrected chi connectivity index (χ4v) is 6.86. The van der Waals surface area contributed by atoms with Crippen molar-refractivity contribution in [2.75, 3.05) is 40.9 Å². The number of rotatable bonds is 41. The maximum Gasteiger partial charge on any atom is 0.472 e. The zero-order valence-electron chi connectivity index (χ0n) is 39.2. The minimum absolute atomic E-state index is 0.00363. The Morgan fingerprint density at radius 1 is 0.590 bits per heavy atom. The first-order valence-electron chi connectivity index (χ1n) is 23.7. The number of aliphatic hydroxyl groups is 2. The molecule has 0 rings (SSSR count). The Balaban J connectivity index is 4.53. The van der Waals surface area contributed by atoms with Gasteiger partial charge in [-0.3, -0.25) is 13.8 Å². The molecular formula is C51H90N2O7P+. The molecule has 0 bridgehead atoms. The van der Waals surface area contributed by atoms with E-state index >= 15 is 0 Å². The maximum atomic E-state index is 12.9. The number of phosphoric acid groups is 1. The standard InChI is InChI=1S/C51H89N2O7P/c1-6-8-10-12-14-16-18-20-21-22-23-24-25-26-27-28-29-30-31-32-34-36-38-40-42-44-50(55)52-48(47-60-61(57,58)59-46-45-53(3,4)5)51(56)49(54)43-41-39-37-35-33-19-17-15-13-11-9-7-2/h8,10,14,16,20-21,23-24,26-27,29-30,32,34-35,37,48-49,51,54,56H,6-7,9,11-13,15,17-19,22,25,28,31,33,36,38-47H2,1-5H3,(H-,52,55,57,58)/p+1/b10-8-,16-14-,21-20-,24-23-,27-26-,30-29-,34-32-,37-35+. The molecule has 0 aromatic rings. The number of hydrogen-bond acceptors (Lipinski definition) is 6. The van der Waals surface area contributed by atoms with Gasteiger partial charge >= 0.3 is 7.82 Å². The quantitative estimate of drug-likeness (QED) is 0.0209. The van der Waals surface area contributed by atoms with Crippen molar-refractivity contribution in [2.45, 2.75) is 180 Å². The highest BCUT2D eigenvalue weighted by Crippen LogP contribution is 2.43. The third-order valence-corrected chi connectivity index (χ3v) is 10.9. The maximum absolute atomic E-state index is 12.9. The van der Waals surface area contributed by atoms with Crippen LogP contribution in [-0.2, 0) is 18.4 Å². The van der Waals surface area contributed by atoms with Crippen LogP contribution < -0.4 is 5.32 Å². The summed E-state index contributed by atoms with van der Waals surface area (Å²) in [5.41, 5.74) is 0. The lowest BCUT2D eigenvalue weighted by atomic mass is 10.0. The van der Waals surface area contributed by atoms with Gasteiger partial charge in [-0.1, -0.05) is 156 Å². The summed E-state index contributed by atoms with van der Waals surface area (Å²) in [7, 11) is 1.37. The molecule has 350 valence electrons. The highest BCUT2D eigenvalue weighted by atomic mass is 31.2. The fourth-order valence-electron chi connectivity index (χ4n) is 6.12. The van der Waals surface area contributed by atoms with Crippen molar-refractivity contribution in [3.63, 3.8) is 0 Å². The number of quaternary nitrogens is 1. The van der Waals surface area contributed by atoms with Crippen LogP contribution in [0.3, 0.4) is 0 Å². The summed E-state index contributed by atoms with van der Waals surface area (Å²) < 4.78 is 23.5. The Bertz CT molecular complexity index is 1330. The first-order chi connectivity index (χ1) is 29.4. The summed E-state index contributed by atoms with van der Waals surface area (Å²) in [5.74, 6) is -0.305. The summed E-state index contributed by atoms with van der Waals surface area (Å²) in [6.07, 6.45) is 54.8. The van der Waals surface area contributed by atoms with E-state index in [9.17, 15) is 24.5 Å². The summed E-state index contributed by atoms with van der Waals surface area (Å²) >= 11 is 0. The molecule has 0 aliphatic rings. The van der Waals surface area contributed by atoms with Gasteiger partial charge in [0.25, 0.3) is 0 Å². The highest BCUT2D eigenvalue weighted by molar-refractivity contribution is 7.47. The number of amides is 1. The summed E-state index contributed by atoms with van der Waals surface area (Å²) in [6.45, 7) is 4.40. The molecule has 0 fully saturated rings. The van der Waals surface area contributed by atoms with Crippen LogP contribution in [0.4, 0.5) is 0 Å². The van der Waals surface area contributed by atoms with Gasteiger partial charge in [-0.15, -0.1) is 0 Å². The molecular weight excluding hydrogens is 784 g/mol. The van der Waals surface area contributed by atoms with Gasteiger partial charge in [-0.25, -0.2) is 4.57 Å². The number of hydrogen-bond donors (Lipinski definition) is 4. The lowest BCUT2D eigenvalue weighted by Crippen LogP contribution is -2.51. The molecule has 1 amide bonds. The van der Waals surface area contributed by atoms with Gasteiger partial charge in [0.1, 0.15) is 19.3 Å². The number of carbonyl (C=O) groups is 1. The molecule has 10 heteroatoms. The first-order valence-corrected chi connectivity index (χ1v) is 25.2. The van der Waals surface area contributed by atoms with Crippen LogP contribution in [0.15, 0.2) is 97.2 Å². The van der Waals surface area contributed by atoms with Crippen LogP contribution in [0, 0.1) is 0 Å². The second kappa shape index (κ2) is 41.4. The molecule has 9 nitrogen and oxygen atoms in total. The molecule has 0 aliphatic heterocycles. The zero-order chi connectivity index (χ0) is 45.1. The number of likely N-dealkylation sites (N-methyl/N-ethyl adjacent to an activating group) is 1. The van der Waals surface area contributed by atoms with E-state index in [1.165, 1.54) is 44.9 Å². The summed E-state index contributed by atoms with van der Waals surface area (Å²) in [5, 5.41) is 24.6. The molecule has 0 aromatic heterocycles. The van der Waals surface area contributed by atoms with Crippen LogP contribution >= 0.6 is 7.82 Å². The molecule has 4 N–H and O–H groups in total. The van der Waals surface area contributed by atoms with E-state index in [0.717, 1.165) is 77.0 Å². The smallest absolute Gasteiger partial charge is 0.390 e. The van der Waals surface area contributed by atoms with Crippen molar-refractivity contribution in [1.29, 1.82) is 0 Å². The van der Waals surface area contributed by atoms with Crippen LogP contribution in [0.2, 0.25) is 0 Å². The van der Waals surface area contributed by atoms with Crippen molar-refractivity contribution in [3.8, 4) is 0 Å². The average Bonchev–Trinajstić information content (AvgIpc) is 3.21. The molecule has 0 radical (unpaired) electrons. The van der Waals surface area contributed by atoms with Crippen LogP contribution in [0.1, 0.15) is 162 Å². The number of aliphatic hydroxyl groups excluding tert-OH is 2. The fraction of sp³-hybridized carbons (Fsp3) is 0.667. The van der Waals surface area contributed by atoms with Gasteiger partial charge in [0.05, 0.1) is 39.9 Å².